The lowest BCUT2D eigenvalue weighted by Gasteiger charge is -2.27. The molecular weight excluding hydrogens is 751 g/mol. The Morgan fingerprint density at radius 2 is 0.898 bits per heavy atom. The molecule has 0 unspecified atom stereocenters. The van der Waals surface area contributed by atoms with Crippen LogP contribution in [0.25, 0.3) is 95.3 Å². The molecule has 3 heteroatoms. The topological polar surface area (TPSA) is 3.24 Å². The zero-order chi connectivity index (χ0) is 38.9. The summed E-state index contributed by atoms with van der Waals surface area (Å²) in [7, 11) is 0. The third-order valence-electron chi connectivity index (χ3n) is 11.9. The van der Waals surface area contributed by atoms with E-state index in [1.165, 1.54) is 101 Å². The lowest BCUT2D eigenvalue weighted by molar-refractivity contribution is 1.30. The molecule has 0 radical (unpaired) electrons. The molecule has 12 aromatic rings. The van der Waals surface area contributed by atoms with Crippen LogP contribution in [0, 0.1) is 0 Å². The van der Waals surface area contributed by atoms with Crippen molar-refractivity contribution in [2.75, 3.05) is 4.90 Å². The van der Waals surface area contributed by atoms with E-state index in [9.17, 15) is 0 Å². The van der Waals surface area contributed by atoms with Crippen LogP contribution in [0.5, 0.6) is 0 Å². The van der Waals surface area contributed by atoms with Gasteiger partial charge in [0.05, 0.1) is 5.69 Å². The molecule has 276 valence electrons. The van der Waals surface area contributed by atoms with Crippen molar-refractivity contribution in [3.05, 3.63) is 212 Å². The Balaban J connectivity index is 1.03. The molecule has 2 heterocycles. The van der Waals surface area contributed by atoms with Gasteiger partial charge in [-0.1, -0.05) is 152 Å². The summed E-state index contributed by atoms with van der Waals surface area (Å²) < 4.78 is 5.23. The average Bonchev–Trinajstić information content (AvgIpc) is 3.89. The van der Waals surface area contributed by atoms with Crippen LogP contribution in [0.15, 0.2) is 212 Å². The van der Waals surface area contributed by atoms with Crippen molar-refractivity contribution in [2.45, 2.75) is 0 Å². The Hall–Kier alpha value is -7.04. The van der Waals surface area contributed by atoms with Crippen LogP contribution < -0.4 is 4.90 Å². The number of para-hydroxylation sites is 1. The molecule has 0 atom stereocenters. The van der Waals surface area contributed by atoms with Crippen LogP contribution in [0.3, 0.4) is 0 Å². The van der Waals surface area contributed by atoms with E-state index in [2.05, 4.69) is 217 Å². The molecule has 0 saturated carbocycles. The summed E-state index contributed by atoms with van der Waals surface area (Å²) in [5.41, 5.74) is 10.9. The molecule has 10 aromatic carbocycles. The van der Waals surface area contributed by atoms with Gasteiger partial charge in [0.1, 0.15) is 0 Å². The lowest BCUT2D eigenvalue weighted by atomic mass is 9.93. The second-order valence-corrected chi connectivity index (χ2v) is 17.3. The maximum Gasteiger partial charge on any atom is 0.0555 e. The number of thiophene rings is 2. The lowest BCUT2D eigenvalue weighted by Crippen LogP contribution is -2.10. The third kappa shape index (κ3) is 5.58. The van der Waals surface area contributed by atoms with Gasteiger partial charge in [0, 0.05) is 51.7 Å². The molecule has 0 aliphatic rings. The monoisotopic (exact) mass is 785 g/mol. The number of anilines is 3. The van der Waals surface area contributed by atoms with Gasteiger partial charge in [0.2, 0.25) is 0 Å². The summed E-state index contributed by atoms with van der Waals surface area (Å²) in [5, 5.41) is 10.3. The van der Waals surface area contributed by atoms with E-state index in [0.29, 0.717) is 0 Å². The van der Waals surface area contributed by atoms with Crippen LogP contribution in [-0.2, 0) is 0 Å². The standard InChI is InChI=1S/C56H35NS2/c1-2-17-40(18-3-1)57(41-30-28-36(29-31-41)49-35-39-14-4-5-19-42(39)45-20-6-7-21-46(45)49)50-33-32-44(56-55(50)48-23-9-11-26-52(48)59-56)38-16-12-15-37(34-38)43-24-13-27-53-54(43)47-22-8-10-25-51(47)58-53/h1-35H. The Morgan fingerprint density at radius 3 is 1.69 bits per heavy atom. The van der Waals surface area contributed by atoms with Gasteiger partial charge < -0.3 is 4.90 Å². The molecule has 0 fully saturated rings. The van der Waals surface area contributed by atoms with E-state index >= 15 is 0 Å². The second-order valence-electron chi connectivity index (χ2n) is 15.2. The average molecular weight is 786 g/mol. The highest BCUT2D eigenvalue weighted by atomic mass is 32.1. The zero-order valence-corrected chi connectivity index (χ0v) is 33.6. The predicted molar refractivity (Wildman–Crippen MR) is 258 cm³/mol. The fraction of sp³-hybridized carbons (Fsp3) is 0. The smallest absolute Gasteiger partial charge is 0.0555 e. The van der Waals surface area contributed by atoms with Crippen LogP contribution in [0.1, 0.15) is 0 Å². The molecule has 0 aliphatic heterocycles. The normalized spacial score (nSPS) is 11.7. The maximum atomic E-state index is 2.44. The fourth-order valence-electron chi connectivity index (χ4n) is 9.18. The number of fused-ring (bicyclic) bond motifs is 9. The van der Waals surface area contributed by atoms with E-state index in [4.69, 9.17) is 0 Å². The van der Waals surface area contributed by atoms with Crippen molar-refractivity contribution >= 4 is 102 Å². The van der Waals surface area contributed by atoms with Crippen LogP contribution >= 0.6 is 22.7 Å². The van der Waals surface area contributed by atoms with Crippen molar-refractivity contribution < 1.29 is 0 Å². The molecule has 0 bridgehead atoms. The molecule has 2 aromatic heterocycles. The number of hydrogen-bond acceptors (Lipinski definition) is 3. The summed E-state index contributed by atoms with van der Waals surface area (Å²) in [6.45, 7) is 0. The highest BCUT2D eigenvalue weighted by Gasteiger charge is 2.22. The molecule has 0 saturated heterocycles. The van der Waals surface area contributed by atoms with E-state index in [-0.39, 0.29) is 0 Å². The number of benzene rings is 10. The van der Waals surface area contributed by atoms with E-state index < -0.39 is 0 Å². The van der Waals surface area contributed by atoms with Gasteiger partial charge in [-0.25, -0.2) is 0 Å². The van der Waals surface area contributed by atoms with Gasteiger partial charge in [0.15, 0.2) is 0 Å². The van der Waals surface area contributed by atoms with Gasteiger partial charge in [-0.2, -0.15) is 0 Å². The summed E-state index contributed by atoms with van der Waals surface area (Å²) >= 11 is 3.76. The summed E-state index contributed by atoms with van der Waals surface area (Å²) in [6.07, 6.45) is 0. The van der Waals surface area contributed by atoms with Crippen molar-refractivity contribution in [3.63, 3.8) is 0 Å². The molecule has 12 rings (SSSR count). The predicted octanol–water partition coefficient (Wildman–Crippen LogP) is 17.2. The Kier molecular flexibility index (Phi) is 7.97. The highest BCUT2D eigenvalue weighted by Crippen LogP contribution is 2.49. The molecule has 59 heavy (non-hydrogen) atoms. The van der Waals surface area contributed by atoms with E-state index in [1.54, 1.807) is 0 Å². The number of rotatable bonds is 6. The summed E-state index contributed by atoms with van der Waals surface area (Å²) in [4.78, 5) is 2.44. The first kappa shape index (κ1) is 34.0. The van der Waals surface area contributed by atoms with Crippen molar-refractivity contribution in [1.29, 1.82) is 0 Å². The molecule has 0 N–H and O–H groups in total. The largest absolute Gasteiger partial charge is 0.310 e. The fourth-order valence-corrected chi connectivity index (χ4v) is 11.6. The SMILES string of the molecule is c1ccc(N(c2ccc(-c3cc4ccccc4c4ccccc34)cc2)c2ccc(-c3cccc(-c4cccc5sc6ccccc6c45)c3)c3sc4ccccc4c23)cc1. The minimum Gasteiger partial charge on any atom is -0.310 e. The Morgan fingerprint density at radius 1 is 0.305 bits per heavy atom. The van der Waals surface area contributed by atoms with Gasteiger partial charge in [0.25, 0.3) is 0 Å². The quantitative estimate of drug-likeness (QED) is 0.152. The molecule has 0 amide bonds. The van der Waals surface area contributed by atoms with Crippen molar-refractivity contribution in [3.8, 4) is 33.4 Å². The second kappa shape index (κ2) is 13.8. The van der Waals surface area contributed by atoms with Crippen LogP contribution in [-0.4, -0.2) is 0 Å². The molecule has 0 aliphatic carbocycles. The van der Waals surface area contributed by atoms with Gasteiger partial charge in [-0.05, 0) is 116 Å². The number of nitrogens with zero attached hydrogens (tertiary/aromatic N) is 1. The maximum absolute atomic E-state index is 2.44. The van der Waals surface area contributed by atoms with Gasteiger partial charge >= 0.3 is 0 Å². The minimum atomic E-state index is 1.12. The first-order chi connectivity index (χ1) is 29.3. The molecule has 1 nitrogen and oxygen atoms in total. The summed E-state index contributed by atoms with van der Waals surface area (Å²) in [5.74, 6) is 0. The van der Waals surface area contributed by atoms with Crippen LogP contribution in [0.2, 0.25) is 0 Å². The van der Waals surface area contributed by atoms with E-state index in [0.717, 1.165) is 11.4 Å². The minimum absolute atomic E-state index is 1.12. The molecular formula is C56H35NS2. The Bertz CT molecular complexity index is 3560. The first-order valence-electron chi connectivity index (χ1n) is 20.1. The van der Waals surface area contributed by atoms with E-state index in [1.807, 2.05) is 22.7 Å². The summed E-state index contributed by atoms with van der Waals surface area (Å²) in [6, 6.07) is 78.1. The third-order valence-corrected chi connectivity index (χ3v) is 14.2. The first-order valence-corrected chi connectivity index (χ1v) is 21.7. The van der Waals surface area contributed by atoms with Crippen LogP contribution in [0.4, 0.5) is 17.1 Å². The van der Waals surface area contributed by atoms with Gasteiger partial charge in [-0.15, -0.1) is 22.7 Å². The van der Waals surface area contributed by atoms with Crippen molar-refractivity contribution in [2.24, 2.45) is 0 Å². The number of hydrogen-bond donors (Lipinski definition) is 0. The molecule has 0 spiro atoms. The Labute approximate surface area is 350 Å². The highest BCUT2D eigenvalue weighted by molar-refractivity contribution is 7.26. The van der Waals surface area contributed by atoms with Crippen molar-refractivity contribution in [1.82, 2.24) is 0 Å². The zero-order valence-electron chi connectivity index (χ0n) is 32.0. The van der Waals surface area contributed by atoms with Gasteiger partial charge in [-0.3, -0.25) is 0 Å².